The Hall–Kier alpha value is -0.340. The van der Waals surface area contributed by atoms with Crippen molar-refractivity contribution in [2.24, 2.45) is 17.8 Å². The summed E-state index contributed by atoms with van der Waals surface area (Å²) in [5.41, 5.74) is 1.58. The molecule has 0 N–H and O–H groups in total. The summed E-state index contributed by atoms with van der Waals surface area (Å²) in [6.07, 6.45) is 12.2. The van der Waals surface area contributed by atoms with Gasteiger partial charge in [-0.05, 0) is 69.6 Å². The summed E-state index contributed by atoms with van der Waals surface area (Å²) in [4.78, 5) is 0. The Morgan fingerprint density at radius 3 is 2.20 bits per heavy atom. The molecule has 0 aromatic carbocycles. The lowest BCUT2D eigenvalue weighted by Crippen LogP contribution is -2.41. The van der Waals surface area contributed by atoms with Gasteiger partial charge in [0.15, 0.2) is 0 Å². The summed E-state index contributed by atoms with van der Waals surface area (Å²) in [7, 11) is 0. The molecule has 0 saturated carbocycles. The van der Waals surface area contributed by atoms with Crippen LogP contribution in [0.25, 0.3) is 0 Å². The van der Waals surface area contributed by atoms with Gasteiger partial charge in [0.05, 0.1) is 18.8 Å². The zero-order chi connectivity index (χ0) is 13.9. The molecule has 5 atom stereocenters. The van der Waals surface area contributed by atoms with Gasteiger partial charge in [0.2, 0.25) is 0 Å². The van der Waals surface area contributed by atoms with Crippen LogP contribution in [0.5, 0.6) is 0 Å². The highest BCUT2D eigenvalue weighted by Gasteiger charge is 2.34. The fourth-order valence-electron chi connectivity index (χ4n) is 4.07. The van der Waals surface area contributed by atoms with E-state index in [1.54, 1.807) is 5.57 Å². The van der Waals surface area contributed by atoms with Gasteiger partial charge in [-0.2, -0.15) is 0 Å². The maximum Gasteiger partial charge on any atom is 0.0836 e. The molecule has 2 unspecified atom stereocenters. The number of hydrogen-bond donors (Lipinski definition) is 0. The van der Waals surface area contributed by atoms with E-state index in [0.29, 0.717) is 12.2 Å². The Labute approximate surface area is 123 Å². The fourth-order valence-corrected chi connectivity index (χ4v) is 4.07. The summed E-state index contributed by atoms with van der Waals surface area (Å²) in [6.45, 7) is 6.45. The van der Waals surface area contributed by atoms with Crippen molar-refractivity contribution in [1.82, 2.24) is 0 Å². The van der Waals surface area contributed by atoms with E-state index in [1.165, 1.54) is 44.9 Å². The van der Waals surface area contributed by atoms with E-state index < -0.39 is 0 Å². The first-order valence-electron chi connectivity index (χ1n) is 8.61. The van der Waals surface area contributed by atoms with Crippen LogP contribution in [-0.2, 0) is 9.47 Å². The maximum atomic E-state index is 6.20. The second kappa shape index (κ2) is 6.62. The lowest BCUT2D eigenvalue weighted by molar-refractivity contribution is -0.134. The summed E-state index contributed by atoms with van der Waals surface area (Å²) in [5.74, 6) is 2.39. The van der Waals surface area contributed by atoms with E-state index in [9.17, 15) is 0 Å². The van der Waals surface area contributed by atoms with Gasteiger partial charge in [0.1, 0.15) is 0 Å². The third-order valence-corrected chi connectivity index (χ3v) is 5.65. The lowest BCUT2D eigenvalue weighted by Gasteiger charge is -2.39. The van der Waals surface area contributed by atoms with Crippen LogP contribution in [-0.4, -0.2) is 25.4 Å². The minimum absolute atomic E-state index is 0.375. The molecule has 0 amide bonds. The van der Waals surface area contributed by atoms with Crippen LogP contribution in [0.4, 0.5) is 0 Å². The van der Waals surface area contributed by atoms with E-state index in [1.807, 2.05) is 0 Å². The molecule has 20 heavy (non-hydrogen) atoms. The predicted molar refractivity (Wildman–Crippen MR) is 81.7 cm³/mol. The average molecular weight is 278 g/mol. The maximum absolute atomic E-state index is 6.20. The third kappa shape index (κ3) is 3.46. The van der Waals surface area contributed by atoms with Crippen LogP contribution in [0.3, 0.4) is 0 Å². The summed E-state index contributed by atoms with van der Waals surface area (Å²) in [5, 5.41) is 0. The molecule has 2 saturated heterocycles. The highest BCUT2D eigenvalue weighted by atomic mass is 16.5. The molecule has 0 aromatic heterocycles. The van der Waals surface area contributed by atoms with Gasteiger partial charge < -0.3 is 9.47 Å². The van der Waals surface area contributed by atoms with Crippen LogP contribution in [0.1, 0.15) is 58.8 Å². The minimum atomic E-state index is 0.375. The molecule has 1 aliphatic carbocycles. The summed E-state index contributed by atoms with van der Waals surface area (Å²) >= 11 is 0. The van der Waals surface area contributed by atoms with E-state index >= 15 is 0 Å². The standard InChI is InChI=1S/C18H30O2/c1-13-3-6-15(7-4-13)16-8-10-18(20-12-16)17-9-5-14(2)11-19-17/h3,14-18H,4-12H2,1-2H3/t14-,15+,16?,17?,18+/m1/s1. The number of ether oxygens (including phenoxy) is 2. The van der Waals surface area contributed by atoms with Crippen molar-refractivity contribution in [3.05, 3.63) is 11.6 Å². The first-order chi connectivity index (χ1) is 9.72. The Kier molecular flexibility index (Phi) is 4.83. The van der Waals surface area contributed by atoms with Crippen molar-refractivity contribution in [3.8, 4) is 0 Å². The third-order valence-electron chi connectivity index (χ3n) is 5.65. The van der Waals surface area contributed by atoms with Crippen LogP contribution in [0.2, 0.25) is 0 Å². The zero-order valence-electron chi connectivity index (χ0n) is 13.1. The normalized spacial score (nSPS) is 43.1. The van der Waals surface area contributed by atoms with E-state index in [0.717, 1.165) is 31.0 Å². The van der Waals surface area contributed by atoms with Crippen molar-refractivity contribution < 1.29 is 9.47 Å². The molecule has 2 aliphatic heterocycles. The topological polar surface area (TPSA) is 18.5 Å². The number of allylic oxidation sites excluding steroid dienone is 2. The molecular formula is C18H30O2. The quantitative estimate of drug-likeness (QED) is 0.699. The molecule has 0 spiro atoms. The summed E-state index contributed by atoms with van der Waals surface area (Å²) in [6, 6.07) is 0. The van der Waals surface area contributed by atoms with E-state index in [-0.39, 0.29) is 0 Å². The smallest absolute Gasteiger partial charge is 0.0836 e. The monoisotopic (exact) mass is 278 g/mol. The van der Waals surface area contributed by atoms with Crippen molar-refractivity contribution >= 4 is 0 Å². The average Bonchev–Trinajstić information content (AvgIpc) is 2.49. The van der Waals surface area contributed by atoms with Crippen LogP contribution in [0.15, 0.2) is 11.6 Å². The highest BCUT2D eigenvalue weighted by molar-refractivity contribution is 5.04. The summed E-state index contributed by atoms with van der Waals surface area (Å²) < 4.78 is 12.2. The molecule has 3 aliphatic rings. The second-order valence-corrected chi connectivity index (χ2v) is 7.35. The zero-order valence-corrected chi connectivity index (χ0v) is 13.1. The van der Waals surface area contributed by atoms with Gasteiger partial charge in [-0.15, -0.1) is 0 Å². The van der Waals surface area contributed by atoms with E-state index in [2.05, 4.69) is 19.9 Å². The van der Waals surface area contributed by atoms with Crippen LogP contribution in [0, 0.1) is 17.8 Å². The predicted octanol–water partition coefficient (Wildman–Crippen LogP) is 4.34. The second-order valence-electron chi connectivity index (χ2n) is 7.35. The van der Waals surface area contributed by atoms with Gasteiger partial charge in [-0.1, -0.05) is 18.6 Å². The minimum Gasteiger partial charge on any atom is -0.375 e. The SMILES string of the molecule is CC1=CC[C@H](C2CC[C@@H](C3CC[C@@H](C)CO3)OC2)CC1. The van der Waals surface area contributed by atoms with Crippen LogP contribution >= 0.6 is 0 Å². The van der Waals surface area contributed by atoms with Gasteiger partial charge in [-0.25, -0.2) is 0 Å². The molecule has 2 fully saturated rings. The first-order valence-corrected chi connectivity index (χ1v) is 8.61. The first kappa shape index (κ1) is 14.6. The molecule has 0 aromatic rings. The van der Waals surface area contributed by atoms with Crippen molar-refractivity contribution in [2.75, 3.05) is 13.2 Å². The molecule has 0 bridgehead atoms. The van der Waals surface area contributed by atoms with Gasteiger partial charge >= 0.3 is 0 Å². The Balaban J connectivity index is 1.45. The van der Waals surface area contributed by atoms with Crippen molar-refractivity contribution in [2.45, 2.75) is 71.0 Å². The van der Waals surface area contributed by atoms with Gasteiger partial charge in [0, 0.05) is 6.61 Å². The van der Waals surface area contributed by atoms with Crippen molar-refractivity contribution in [3.63, 3.8) is 0 Å². The molecule has 114 valence electrons. The van der Waals surface area contributed by atoms with Gasteiger partial charge in [0.25, 0.3) is 0 Å². The van der Waals surface area contributed by atoms with Crippen LogP contribution < -0.4 is 0 Å². The molecule has 3 rings (SSSR count). The lowest BCUT2D eigenvalue weighted by atomic mass is 9.77. The Morgan fingerprint density at radius 1 is 0.900 bits per heavy atom. The highest BCUT2D eigenvalue weighted by Crippen LogP contribution is 2.36. The Bertz CT molecular complexity index is 333. The number of hydrogen-bond acceptors (Lipinski definition) is 2. The molecule has 0 radical (unpaired) electrons. The Morgan fingerprint density at radius 2 is 1.65 bits per heavy atom. The molecule has 2 nitrogen and oxygen atoms in total. The fraction of sp³-hybridized carbons (Fsp3) is 0.889. The van der Waals surface area contributed by atoms with Gasteiger partial charge in [-0.3, -0.25) is 0 Å². The molecule has 2 heterocycles. The number of rotatable bonds is 2. The van der Waals surface area contributed by atoms with E-state index in [4.69, 9.17) is 9.47 Å². The largest absolute Gasteiger partial charge is 0.375 e. The molecular weight excluding hydrogens is 248 g/mol. The molecule has 2 heteroatoms. The van der Waals surface area contributed by atoms with Crippen molar-refractivity contribution in [1.29, 1.82) is 0 Å².